The van der Waals surface area contributed by atoms with Crippen LogP contribution in [0.15, 0.2) is 12.3 Å². The van der Waals surface area contributed by atoms with Crippen molar-refractivity contribution in [3.8, 4) is 35.0 Å². The van der Waals surface area contributed by atoms with Gasteiger partial charge >= 0.3 is 6.01 Å². The largest absolute Gasteiger partial charge is 0.480 e. The average Bonchev–Trinajstić information content (AvgIpc) is 3.40. The molecule has 6 heteroatoms. The second kappa shape index (κ2) is 5.98. The zero-order valence-corrected chi connectivity index (χ0v) is 12.8. The quantitative estimate of drug-likeness (QED) is 0.806. The second-order valence-electron chi connectivity index (χ2n) is 4.96. The SMILES string of the molecule is CC#Cc1nnc(-c2cnc(OC)nc2OC)cc1C1CC1. The minimum atomic E-state index is 0.254. The van der Waals surface area contributed by atoms with E-state index in [1.165, 1.54) is 20.0 Å². The first-order valence-electron chi connectivity index (χ1n) is 7.02. The van der Waals surface area contributed by atoms with Gasteiger partial charge in [-0.25, -0.2) is 4.98 Å². The van der Waals surface area contributed by atoms with Crippen molar-refractivity contribution in [3.63, 3.8) is 0 Å². The Balaban J connectivity index is 2.08. The van der Waals surface area contributed by atoms with Gasteiger partial charge in [0.25, 0.3) is 0 Å². The molecule has 0 radical (unpaired) electrons. The van der Waals surface area contributed by atoms with Crippen molar-refractivity contribution in [2.45, 2.75) is 25.7 Å². The fourth-order valence-electron chi connectivity index (χ4n) is 2.24. The molecule has 0 atom stereocenters. The fraction of sp³-hybridized carbons (Fsp3) is 0.375. The number of hydrogen-bond donors (Lipinski definition) is 0. The van der Waals surface area contributed by atoms with Gasteiger partial charge in [-0.1, -0.05) is 5.92 Å². The van der Waals surface area contributed by atoms with Gasteiger partial charge in [0.1, 0.15) is 11.4 Å². The van der Waals surface area contributed by atoms with E-state index in [-0.39, 0.29) is 6.01 Å². The van der Waals surface area contributed by atoms with Crippen molar-refractivity contribution < 1.29 is 9.47 Å². The van der Waals surface area contributed by atoms with Gasteiger partial charge in [-0.3, -0.25) is 0 Å². The highest BCUT2D eigenvalue weighted by Crippen LogP contribution is 2.42. The van der Waals surface area contributed by atoms with E-state index in [1.807, 2.05) is 6.07 Å². The van der Waals surface area contributed by atoms with Crippen LogP contribution < -0.4 is 9.47 Å². The molecule has 0 spiro atoms. The Bertz CT molecular complexity index is 760. The molecule has 1 saturated carbocycles. The summed E-state index contributed by atoms with van der Waals surface area (Å²) in [6.07, 6.45) is 3.97. The zero-order chi connectivity index (χ0) is 15.5. The highest BCUT2D eigenvalue weighted by molar-refractivity contribution is 5.65. The van der Waals surface area contributed by atoms with E-state index >= 15 is 0 Å². The molecular formula is C16H16N4O2. The molecule has 2 aromatic rings. The number of aromatic nitrogens is 4. The van der Waals surface area contributed by atoms with Crippen molar-refractivity contribution in [3.05, 3.63) is 23.5 Å². The van der Waals surface area contributed by atoms with E-state index in [0.717, 1.165) is 11.3 Å². The highest BCUT2D eigenvalue weighted by atomic mass is 16.5. The first-order valence-corrected chi connectivity index (χ1v) is 7.02. The van der Waals surface area contributed by atoms with Crippen LogP contribution in [0.25, 0.3) is 11.3 Å². The third-order valence-corrected chi connectivity index (χ3v) is 3.47. The van der Waals surface area contributed by atoms with E-state index < -0.39 is 0 Å². The molecule has 0 N–H and O–H groups in total. The monoisotopic (exact) mass is 296 g/mol. The number of nitrogens with zero attached hydrogens (tertiary/aromatic N) is 4. The number of rotatable bonds is 4. The lowest BCUT2D eigenvalue weighted by Gasteiger charge is -2.09. The van der Waals surface area contributed by atoms with Crippen LogP contribution in [0, 0.1) is 11.8 Å². The normalized spacial score (nSPS) is 13.2. The van der Waals surface area contributed by atoms with Gasteiger partial charge in [0, 0.05) is 6.20 Å². The fourth-order valence-corrected chi connectivity index (χ4v) is 2.24. The standard InChI is InChI=1S/C16H16N4O2/c1-4-5-13-11(10-6-7-10)8-14(20-19-13)12-9-17-16(22-3)18-15(12)21-2/h8-10H,6-7H2,1-3H3. The van der Waals surface area contributed by atoms with Gasteiger partial charge in [0.05, 0.1) is 19.8 Å². The predicted molar refractivity (Wildman–Crippen MR) is 80.7 cm³/mol. The van der Waals surface area contributed by atoms with Gasteiger partial charge in [0.2, 0.25) is 5.88 Å². The van der Waals surface area contributed by atoms with Crippen molar-refractivity contribution >= 4 is 0 Å². The zero-order valence-electron chi connectivity index (χ0n) is 12.8. The van der Waals surface area contributed by atoms with Crippen LogP contribution in [0.1, 0.15) is 36.9 Å². The van der Waals surface area contributed by atoms with Crippen LogP contribution in [0.4, 0.5) is 0 Å². The summed E-state index contributed by atoms with van der Waals surface area (Å²) < 4.78 is 10.3. The molecule has 1 aliphatic rings. The molecule has 2 heterocycles. The molecule has 1 aliphatic carbocycles. The molecule has 112 valence electrons. The van der Waals surface area contributed by atoms with Crippen molar-refractivity contribution in [2.24, 2.45) is 0 Å². The van der Waals surface area contributed by atoms with Gasteiger partial charge in [-0.2, -0.15) is 4.98 Å². The summed E-state index contributed by atoms with van der Waals surface area (Å²) in [7, 11) is 3.06. The van der Waals surface area contributed by atoms with E-state index in [1.54, 1.807) is 20.2 Å². The van der Waals surface area contributed by atoms with E-state index in [9.17, 15) is 0 Å². The molecule has 0 aromatic carbocycles. The summed E-state index contributed by atoms with van der Waals surface area (Å²) in [6.45, 7) is 1.80. The number of methoxy groups -OCH3 is 2. The van der Waals surface area contributed by atoms with Crippen LogP contribution in [0.3, 0.4) is 0 Å². The Morgan fingerprint density at radius 2 is 2.00 bits per heavy atom. The van der Waals surface area contributed by atoms with Crippen molar-refractivity contribution in [1.82, 2.24) is 20.2 Å². The summed E-state index contributed by atoms with van der Waals surface area (Å²) in [6, 6.07) is 2.27. The maximum atomic E-state index is 5.31. The third-order valence-electron chi connectivity index (χ3n) is 3.47. The Morgan fingerprint density at radius 3 is 2.64 bits per heavy atom. The molecule has 6 nitrogen and oxygen atoms in total. The summed E-state index contributed by atoms with van der Waals surface area (Å²) in [4.78, 5) is 8.31. The average molecular weight is 296 g/mol. The first-order chi connectivity index (χ1) is 10.8. The molecule has 0 bridgehead atoms. The van der Waals surface area contributed by atoms with Crippen molar-refractivity contribution in [1.29, 1.82) is 0 Å². The predicted octanol–water partition coefficient (Wildman–Crippen LogP) is 2.20. The van der Waals surface area contributed by atoms with Crippen LogP contribution in [0.5, 0.6) is 11.9 Å². The molecule has 0 aliphatic heterocycles. The highest BCUT2D eigenvalue weighted by Gasteiger charge is 2.28. The van der Waals surface area contributed by atoms with E-state index in [2.05, 4.69) is 32.0 Å². The Labute approximate surface area is 128 Å². The molecule has 0 saturated heterocycles. The van der Waals surface area contributed by atoms with Crippen LogP contribution >= 0.6 is 0 Å². The molecule has 22 heavy (non-hydrogen) atoms. The summed E-state index contributed by atoms with van der Waals surface area (Å²) in [5.41, 5.74) is 3.26. The molecule has 3 rings (SSSR count). The lowest BCUT2D eigenvalue weighted by atomic mass is 10.1. The van der Waals surface area contributed by atoms with Crippen LogP contribution in [-0.2, 0) is 0 Å². The molecule has 2 aromatic heterocycles. The molecule has 0 unspecified atom stereocenters. The van der Waals surface area contributed by atoms with Crippen LogP contribution in [-0.4, -0.2) is 34.4 Å². The summed E-state index contributed by atoms with van der Waals surface area (Å²) in [5.74, 6) is 6.84. The first kappa shape index (κ1) is 14.3. The lowest BCUT2D eigenvalue weighted by molar-refractivity contribution is 0.353. The smallest absolute Gasteiger partial charge is 0.319 e. The Morgan fingerprint density at radius 1 is 1.18 bits per heavy atom. The maximum Gasteiger partial charge on any atom is 0.319 e. The van der Waals surface area contributed by atoms with Crippen LogP contribution in [0.2, 0.25) is 0 Å². The maximum absolute atomic E-state index is 5.31. The minimum absolute atomic E-state index is 0.254. The summed E-state index contributed by atoms with van der Waals surface area (Å²) in [5, 5.41) is 8.51. The third kappa shape index (κ3) is 2.70. The Kier molecular flexibility index (Phi) is 3.88. The summed E-state index contributed by atoms with van der Waals surface area (Å²) >= 11 is 0. The Hall–Kier alpha value is -2.68. The number of hydrogen-bond acceptors (Lipinski definition) is 6. The topological polar surface area (TPSA) is 70.0 Å². The molecule has 1 fully saturated rings. The van der Waals surface area contributed by atoms with Gasteiger partial charge < -0.3 is 9.47 Å². The van der Waals surface area contributed by atoms with E-state index in [4.69, 9.17) is 9.47 Å². The van der Waals surface area contributed by atoms with Gasteiger partial charge in [-0.15, -0.1) is 10.2 Å². The number of ether oxygens (including phenoxy) is 2. The van der Waals surface area contributed by atoms with Gasteiger partial charge in [-0.05, 0) is 43.2 Å². The molecule has 0 amide bonds. The van der Waals surface area contributed by atoms with E-state index in [0.29, 0.717) is 23.1 Å². The molecular weight excluding hydrogens is 280 g/mol. The minimum Gasteiger partial charge on any atom is -0.480 e. The van der Waals surface area contributed by atoms with Gasteiger partial charge in [0.15, 0.2) is 0 Å². The lowest BCUT2D eigenvalue weighted by Crippen LogP contribution is -2.01. The second-order valence-corrected chi connectivity index (χ2v) is 4.96. The van der Waals surface area contributed by atoms with Crippen molar-refractivity contribution in [2.75, 3.05) is 14.2 Å².